The second-order valence-corrected chi connectivity index (χ2v) is 4.47. The maximum absolute atomic E-state index is 4.80. The van der Waals surface area contributed by atoms with Crippen molar-refractivity contribution in [2.24, 2.45) is 4.99 Å². The SMILES string of the molecule is CCNC(=NCc1ccccc1C)NCc1ccon1.I. The van der Waals surface area contributed by atoms with E-state index in [1.807, 2.05) is 25.1 Å². The summed E-state index contributed by atoms with van der Waals surface area (Å²) < 4.78 is 4.80. The minimum atomic E-state index is 0. The summed E-state index contributed by atoms with van der Waals surface area (Å²) in [5, 5.41) is 10.3. The number of aromatic nitrogens is 1. The van der Waals surface area contributed by atoms with Gasteiger partial charge in [0.15, 0.2) is 5.96 Å². The van der Waals surface area contributed by atoms with Gasteiger partial charge in [0.1, 0.15) is 12.0 Å². The van der Waals surface area contributed by atoms with Gasteiger partial charge >= 0.3 is 0 Å². The first-order valence-electron chi connectivity index (χ1n) is 6.75. The molecule has 0 amide bonds. The van der Waals surface area contributed by atoms with E-state index < -0.39 is 0 Å². The van der Waals surface area contributed by atoms with E-state index in [9.17, 15) is 0 Å². The Kier molecular flexibility index (Phi) is 7.81. The molecule has 0 fully saturated rings. The van der Waals surface area contributed by atoms with Crippen LogP contribution in [0.1, 0.15) is 23.7 Å². The molecule has 0 saturated heterocycles. The molecule has 0 atom stereocenters. The summed E-state index contributed by atoms with van der Waals surface area (Å²) in [5.74, 6) is 0.777. The first kappa shape index (κ1) is 17.5. The van der Waals surface area contributed by atoms with Crippen LogP contribution in [0.15, 0.2) is 46.1 Å². The third-order valence-electron chi connectivity index (χ3n) is 2.94. The lowest BCUT2D eigenvalue weighted by atomic mass is 10.1. The van der Waals surface area contributed by atoms with E-state index in [-0.39, 0.29) is 24.0 Å². The van der Waals surface area contributed by atoms with E-state index in [4.69, 9.17) is 4.52 Å². The molecule has 6 heteroatoms. The van der Waals surface area contributed by atoms with Gasteiger partial charge in [0, 0.05) is 12.6 Å². The molecule has 2 rings (SSSR count). The average Bonchev–Trinajstić information content (AvgIpc) is 2.97. The van der Waals surface area contributed by atoms with Gasteiger partial charge in [-0.3, -0.25) is 0 Å². The van der Waals surface area contributed by atoms with E-state index in [2.05, 4.69) is 39.8 Å². The highest BCUT2D eigenvalue weighted by Gasteiger charge is 2.01. The molecule has 0 radical (unpaired) electrons. The summed E-state index contributed by atoms with van der Waals surface area (Å²) in [7, 11) is 0. The van der Waals surface area contributed by atoms with Crippen molar-refractivity contribution >= 4 is 29.9 Å². The van der Waals surface area contributed by atoms with E-state index in [1.165, 1.54) is 11.1 Å². The van der Waals surface area contributed by atoms with E-state index in [0.717, 1.165) is 18.2 Å². The number of aliphatic imine (C=N–C) groups is 1. The van der Waals surface area contributed by atoms with Crippen LogP contribution in [0.3, 0.4) is 0 Å². The number of guanidine groups is 1. The van der Waals surface area contributed by atoms with Crippen LogP contribution in [-0.2, 0) is 13.1 Å². The molecule has 5 nitrogen and oxygen atoms in total. The zero-order chi connectivity index (χ0) is 14.2. The number of nitrogens with zero attached hydrogens (tertiary/aromatic N) is 2. The molecule has 0 saturated carbocycles. The Bertz CT molecular complexity index is 555. The minimum Gasteiger partial charge on any atom is -0.364 e. The number of nitrogens with one attached hydrogen (secondary N) is 2. The summed E-state index contributed by atoms with van der Waals surface area (Å²) in [5.41, 5.74) is 3.33. The lowest BCUT2D eigenvalue weighted by Crippen LogP contribution is -2.36. The fourth-order valence-electron chi connectivity index (χ4n) is 1.80. The molecule has 2 N–H and O–H groups in total. The third kappa shape index (κ3) is 5.74. The van der Waals surface area contributed by atoms with Gasteiger partial charge in [-0.05, 0) is 25.0 Å². The molecule has 1 heterocycles. The molecule has 0 aliphatic carbocycles. The fraction of sp³-hybridized carbons (Fsp3) is 0.333. The lowest BCUT2D eigenvalue weighted by Gasteiger charge is -2.10. The van der Waals surface area contributed by atoms with Crippen LogP contribution in [0.4, 0.5) is 0 Å². The maximum atomic E-state index is 4.80. The Morgan fingerprint density at radius 2 is 2.05 bits per heavy atom. The largest absolute Gasteiger partial charge is 0.364 e. The third-order valence-corrected chi connectivity index (χ3v) is 2.94. The standard InChI is InChI=1S/C15H20N4O.HI/c1-3-16-15(18-11-14-8-9-20-19-14)17-10-13-7-5-4-6-12(13)2;/h4-9H,3,10-11H2,1-2H3,(H2,16,17,18);1H. The van der Waals surface area contributed by atoms with Crippen molar-refractivity contribution in [1.82, 2.24) is 15.8 Å². The smallest absolute Gasteiger partial charge is 0.191 e. The van der Waals surface area contributed by atoms with Crippen molar-refractivity contribution < 1.29 is 4.52 Å². The summed E-state index contributed by atoms with van der Waals surface area (Å²) in [6.07, 6.45) is 1.56. The Labute approximate surface area is 142 Å². The Morgan fingerprint density at radius 1 is 1.24 bits per heavy atom. The highest BCUT2D eigenvalue weighted by atomic mass is 127. The normalized spacial score (nSPS) is 10.9. The monoisotopic (exact) mass is 400 g/mol. The number of hydrogen-bond donors (Lipinski definition) is 2. The van der Waals surface area contributed by atoms with Gasteiger partial charge in [-0.2, -0.15) is 0 Å². The van der Waals surface area contributed by atoms with Crippen molar-refractivity contribution in [2.45, 2.75) is 26.9 Å². The summed E-state index contributed by atoms with van der Waals surface area (Å²) in [6, 6.07) is 10.1. The van der Waals surface area contributed by atoms with Gasteiger partial charge in [-0.1, -0.05) is 29.4 Å². The molecule has 0 unspecified atom stereocenters. The first-order valence-corrected chi connectivity index (χ1v) is 6.75. The van der Waals surface area contributed by atoms with Crippen molar-refractivity contribution in [1.29, 1.82) is 0 Å². The van der Waals surface area contributed by atoms with Crippen molar-refractivity contribution in [2.75, 3.05) is 6.54 Å². The predicted molar refractivity (Wildman–Crippen MR) is 94.8 cm³/mol. The zero-order valence-corrected chi connectivity index (χ0v) is 14.6. The Morgan fingerprint density at radius 3 is 2.71 bits per heavy atom. The number of benzene rings is 1. The molecule has 2 aromatic rings. The lowest BCUT2D eigenvalue weighted by molar-refractivity contribution is 0.410. The zero-order valence-electron chi connectivity index (χ0n) is 12.3. The first-order chi connectivity index (χ1) is 9.79. The highest BCUT2D eigenvalue weighted by Crippen LogP contribution is 2.07. The summed E-state index contributed by atoms with van der Waals surface area (Å²) in [4.78, 5) is 4.58. The number of hydrogen-bond acceptors (Lipinski definition) is 3. The number of rotatable bonds is 5. The Hall–Kier alpha value is -1.57. The summed E-state index contributed by atoms with van der Waals surface area (Å²) in [6.45, 7) is 6.21. The van der Waals surface area contributed by atoms with Gasteiger partial charge in [-0.15, -0.1) is 24.0 Å². The molecule has 114 valence electrons. The van der Waals surface area contributed by atoms with Gasteiger partial charge in [-0.25, -0.2) is 4.99 Å². The molecule has 0 aliphatic rings. The van der Waals surface area contributed by atoms with Crippen molar-refractivity contribution in [3.63, 3.8) is 0 Å². The van der Waals surface area contributed by atoms with Gasteiger partial charge in [0.2, 0.25) is 0 Å². The van der Waals surface area contributed by atoms with E-state index in [0.29, 0.717) is 13.1 Å². The quantitative estimate of drug-likeness (QED) is 0.461. The van der Waals surface area contributed by atoms with E-state index in [1.54, 1.807) is 6.26 Å². The molecule has 0 aliphatic heterocycles. The topological polar surface area (TPSA) is 62.5 Å². The van der Waals surface area contributed by atoms with Crippen LogP contribution < -0.4 is 10.6 Å². The second kappa shape index (κ2) is 9.38. The number of halogens is 1. The Balaban J connectivity index is 0.00000220. The van der Waals surface area contributed by atoms with Gasteiger partial charge in [0.05, 0.1) is 13.1 Å². The van der Waals surface area contributed by atoms with Crippen LogP contribution in [0.25, 0.3) is 0 Å². The average molecular weight is 400 g/mol. The predicted octanol–water partition coefficient (Wildman–Crippen LogP) is 2.86. The number of aryl methyl sites for hydroxylation is 1. The van der Waals surface area contributed by atoms with Crippen LogP contribution >= 0.6 is 24.0 Å². The minimum absolute atomic E-state index is 0. The summed E-state index contributed by atoms with van der Waals surface area (Å²) >= 11 is 0. The molecule has 0 bridgehead atoms. The van der Waals surface area contributed by atoms with Crippen LogP contribution in [-0.4, -0.2) is 17.7 Å². The van der Waals surface area contributed by atoms with E-state index >= 15 is 0 Å². The van der Waals surface area contributed by atoms with Crippen molar-refractivity contribution in [3.8, 4) is 0 Å². The fourth-order valence-corrected chi connectivity index (χ4v) is 1.80. The van der Waals surface area contributed by atoms with Gasteiger partial charge < -0.3 is 15.2 Å². The van der Waals surface area contributed by atoms with Crippen molar-refractivity contribution in [3.05, 3.63) is 53.4 Å². The van der Waals surface area contributed by atoms with Crippen LogP contribution in [0.2, 0.25) is 0 Å². The molecule has 1 aromatic carbocycles. The molecule has 1 aromatic heterocycles. The maximum Gasteiger partial charge on any atom is 0.191 e. The molecule has 21 heavy (non-hydrogen) atoms. The molecular weight excluding hydrogens is 379 g/mol. The second-order valence-electron chi connectivity index (χ2n) is 4.47. The molecule has 0 spiro atoms. The highest BCUT2D eigenvalue weighted by molar-refractivity contribution is 14.0. The van der Waals surface area contributed by atoms with Crippen LogP contribution in [0, 0.1) is 6.92 Å². The van der Waals surface area contributed by atoms with Crippen LogP contribution in [0.5, 0.6) is 0 Å². The molecular formula is C15H21IN4O. The van der Waals surface area contributed by atoms with Gasteiger partial charge in [0.25, 0.3) is 0 Å².